The van der Waals surface area contributed by atoms with Gasteiger partial charge in [0.2, 0.25) is 0 Å². The smallest absolute Gasteiger partial charge is 0.145 e. The average Bonchev–Trinajstić information content (AvgIpc) is 2.99. The van der Waals surface area contributed by atoms with Gasteiger partial charge < -0.3 is 4.84 Å². The van der Waals surface area contributed by atoms with E-state index in [1.54, 1.807) is 24.4 Å². The molecule has 74 valence electrons. The molecule has 0 amide bonds. The molecule has 0 aromatic heterocycles. The minimum absolute atomic E-state index is 0.204. The SMILES string of the molecule is Fc1ccccc1CON=CC1CC1. The highest BCUT2D eigenvalue weighted by atomic mass is 19.1. The zero-order chi connectivity index (χ0) is 9.80. The van der Waals surface area contributed by atoms with E-state index < -0.39 is 0 Å². The van der Waals surface area contributed by atoms with E-state index in [0.29, 0.717) is 11.5 Å². The predicted molar refractivity (Wildman–Crippen MR) is 52.4 cm³/mol. The molecular weight excluding hydrogens is 181 g/mol. The van der Waals surface area contributed by atoms with Gasteiger partial charge in [0.1, 0.15) is 12.4 Å². The van der Waals surface area contributed by atoms with E-state index >= 15 is 0 Å². The maximum absolute atomic E-state index is 13.1. The molecule has 2 nitrogen and oxygen atoms in total. The summed E-state index contributed by atoms with van der Waals surface area (Å²) in [6.07, 6.45) is 4.19. The van der Waals surface area contributed by atoms with Crippen LogP contribution in [-0.2, 0) is 11.4 Å². The Labute approximate surface area is 82.4 Å². The molecule has 0 N–H and O–H groups in total. The van der Waals surface area contributed by atoms with Crippen LogP contribution in [0.4, 0.5) is 4.39 Å². The van der Waals surface area contributed by atoms with Crippen molar-refractivity contribution in [2.24, 2.45) is 11.1 Å². The molecule has 0 unspecified atom stereocenters. The van der Waals surface area contributed by atoms with Gasteiger partial charge in [0.15, 0.2) is 0 Å². The summed E-state index contributed by atoms with van der Waals surface area (Å²) >= 11 is 0. The van der Waals surface area contributed by atoms with E-state index in [1.165, 1.54) is 18.9 Å². The molecule has 1 aliphatic carbocycles. The van der Waals surface area contributed by atoms with Gasteiger partial charge in [-0.25, -0.2) is 4.39 Å². The highest BCUT2D eigenvalue weighted by Gasteiger charge is 2.18. The van der Waals surface area contributed by atoms with E-state index in [1.807, 2.05) is 0 Å². The van der Waals surface area contributed by atoms with Crippen molar-refractivity contribution in [2.75, 3.05) is 0 Å². The fourth-order valence-electron chi connectivity index (χ4n) is 1.10. The number of hydrogen-bond acceptors (Lipinski definition) is 2. The lowest BCUT2D eigenvalue weighted by molar-refractivity contribution is 0.128. The van der Waals surface area contributed by atoms with Gasteiger partial charge in [0.05, 0.1) is 0 Å². The van der Waals surface area contributed by atoms with Crippen molar-refractivity contribution < 1.29 is 9.23 Å². The number of hydrogen-bond donors (Lipinski definition) is 0. The van der Waals surface area contributed by atoms with Crippen LogP contribution >= 0.6 is 0 Å². The maximum Gasteiger partial charge on any atom is 0.145 e. The fraction of sp³-hybridized carbons (Fsp3) is 0.364. The van der Waals surface area contributed by atoms with Crippen LogP contribution in [0.2, 0.25) is 0 Å². The zero-order valence-electron chi connectivity index (χ0n) is 7.82. The van der Waals surface area contributed by atoms with Crippen LogP contribution in [0.5, 0.6) is 0 Å². The molecule has 1 aromatic rings. The number of rotatable bonds is 4. The van der Waals surface area contributed by atoms with Gasteiger partial charge in [-0.1, -0.05) is 23.4 Å². The van der Waals surface area contributed by atoms with Gasteiger partial charge in [0.25, 0.3) is 0 Å². The first kappa shape index (κ1) is 9.19. The molecule has 0 bridgehead atoms. The quantitative estimate of drug-likeness (QED) is 0.532. The molecule has 1 saturated carbocycles. The first-order chi connectivity index (χ1) is 6.86. The van der Waals surface area contributed by atoms with Gasteiger partial charge >= 0.3 is 0 Å². The van der Waals surface area contributed by atoms with Crippen LogP contribution in [0.25, 0.3) is 0 Å². The minimum Gasteiger partial charge on any atom is -0.391 e. The van der Waals surface area contributed by atoms with Gasteiger partial charge in [-0.2, -0.15) is 0 Å². The minimum atomic E-state index is -0.242. The Kier molecular flexibility index (Phi) is 2.77. The standard InChI is InChI=1S/C11H12FNO/c12-11-4-2-1-3-10(11)8-14-13-7-9-5-6-9/h1-4,7,9H,5-6,8H2. The zero-order valence-corrected chi connectivity index (χ0v) is 7.82. The second-order valence-electron chi connectivity index (χ2n) is 3.46. The van der Waals surface area contributed by atoms with Crippen molar-refractivity contribution in [2.45, 2.75) is 19.4 Å². The maximum atomic E-state index is 13.1. The highest BCUT2D eigenvalue weighted by Crippen LogP contribution is 2.26. The van der Waals surface area contributed by atoms with Crippen LogP contribution in [-0.4, -0.2) is 6.21 Å². The van der Waals surface area contributed by atoms with E-state index in [0.717, 1.165) is 0 Å². The molecule has 3 heteroatoms. The molecule has 1 aliphatic rings. The second kappa shape index (κ2) is 4.22. The summed E-state index contributed by atoms with van der Waals surface area (Å²) in [7, 11) is 0. The van der Waals surface area contributed by atoms with Crippen LogP contribution in [0.3, 0.4) is 0 Å². The van der Waals surface area contributed by atoms with Gasteiger partial charge in [-0.3, -0.25) is 0 Å². The molecule has 0 aliphatic heterocycles. The van der Waals surface area contributed by atoms with Crippen molar-refractivity contribution in [3.8, 4) is 0 Å². The van der Waals surface area contributed by atoms with Crippen LogP contribution in [0.1, 0.15) is 18.4 Å². The molecular formula is C11H12FNO. The van der Waals surface area contributed by atoms with Crippen molar-refractivity contribution in [3.63, 3.8) is 0 Å². The second-order valence-corrected chi connectivity index (χ2v) is 3.46. The summed E-state index contributed by atoms with van der Waals surface area (Å²) in [5.41, 5.74) is 0.542. The summed E-state index contributed by atoms with van der Waals surface area (Å²) in [4.78, 5) is 4.98. The van der Waals surface area contributed by atoms with E-state index in [4.69, 9.17) is 4.84 Å². The van der Waals surface area contributed by atoms with Gasteiger partial charge in [-0.05, 0) is 24.8 Å². The lowest BCUT2D eigenvalue weighted by Gasteiger charge is -2.00. The van der Waals surface area contributed by atoms with E-state index in [2.05, 4.69) is 5.16 Å². The first-order valence-electron chi connectivity index (χ1n) is 4.75. The summed E-state index contributed by atoms with van der Waals surface area (Å²) in [6, 6.07) is 6.56. The van der Waals surface area contributed by atoms with Crippen LogP contribution < -0.4 is 0 Å². The normalized spacial score (nSPS) is 16.1. The van der Waals surface area contributed by atoms with E-state index in [9.17, 15) is 4.39 Å². The number of halogens is 1. The van der Waals surface area contributed by atoms with Crippen molar-refractivity contribution in [1.29, 1.82) is 0 Å². The van der Waals surface area contributed by atoms with Gasteiger partial charge in [0, 0.05) is 11.8 Å². The predicted octanol–water partition coefficient (Wildman–Crippen LogP) is 2.74. The Balaban J connectivity index is 1.82. The summed E-state index contributed by atoms with van der Waals surface area (Å²) in [5.74, 6) is 0.352. The molecule has 0 spiro atoms. The Hall–Kier alpha value is -1.38. The highest BCUT2D eigenvalue weighted by molar-refractivity contribution is 5.62. The summed E-state index contributed by atoms with van der Waals surface area (Å²) in [5, 5.41) is 3.78. The van der Waals surface area contributed by atoms with Crippen molar-refractivity contribution in [1.82, 2.24) is 0 Å². The Morgan fingerprint density at radius 1 is 1.43 bits per heavy atom. The monoisotopic (exact) mass is 193 g/mol. The number of oxime groups is 1. The molecule has 2 rings (SSSR count). The first-order valence-corrected chi connectivity index (χ1v) is 4.75. The van der Waals surface area contributed by atoms with E-state index in [-0.39, 0.29) is 12.4 Å². The third kappa shape index (κ3) is 2.55. The van der Waals surface area contributed by atoms with Crippen molar-refractivity contribution >= 4 is 6.21 Å². The molecule has 0 heterocycles. The molecule has 0 atom stereocenters. The Morgan fingerprint density at radius 3 is 2.93 bits per heavy atom. The number of nitrogens with zero attached hydrogens (tertiary/aromatic N) is 1. The van der Waals surface area contributed by atoms with Crippen LogP contribution in [0, 0.1) is 11.7 Å². The summed E-state index contributed by atoms with van der Waals surface area (Å²) < 4.78 is 13.1. The lowest BCUT2D eigenvalue weighted by atomic mass is 10.2. The molecule has 0 saturated heterocycles. The molecule has 1 fully saturated rings. The largest absolute Gasteiger partial charge is 0.391 e. The Bertz CT molecular complexity index is 334. The molecule has 0 radical (unpaired) electrons. The molecule has 1 aromatic carbocycles. The average molecular weight is 193 g/mol. The van der Waals surface area contributed by atoms with Crippen molar-refractivity contribution in [3.05, 3.63) is 35.6 Å². The molecule has 14 heavy (non-hydrogen) atoms. The third-order valence-electron chi connectivity index (χ3n) is 2.15. The van der Waals surface area contributed by atoms with Crippen LogP contribution in [0.15, 0.2) is 29.4 Å². The Morgan fingerprint density at radius 2 is 2.21 bits per heavy atom. The summed E-state index contributed by atoms with van der Waals surface area (Å²) in [6.45, 7) is 0.204. The lowest BCUT2D eigenvalue weighted by Crippen LogP contribution is -1.91. The topological polar surface area (TPSA) is 21.6 Å². The number of benzene rings is 1. The van der Waals surface area contributed by atoms with Gasteiger partial charge in [-0.15, -0.1) is 0 Å². The fourth-order valence-corrected chi connectivity index (χ4v) is 1.10. The third-order valence-corrected chi connectivity index (χ3v) is 2.15.